The van der Waals surface area contributed by atoms with Crippen LogP contribution in [0.15, 0.2) is 30.6 Å². The van der Waals surface area contributed by atoms with Crippen molar-refractivity contribution in [1.82, 2.24) is 9.97 Å². The number of nitrogens with one attached hydrogen (secondary N) is 1. The summed E-state index contributed by atoms with van der Waals surface area (Å²) < 4.78 is 0. The Bertz CT molecular complexity index is 762. The number of rotatable bonds is 3. The van der Waals surface area contributed by atoms with Crippen LogP contribution in [-0.2, 0) is 6.42 Å². The van der Waals surface area contributed by atoms with E-state index in [9.17, 15) is 0 Å². The van der Waals surface area contributed by atoms with Gasteiger partial charge in [0.2, 0.25) is 0 Å². The number of benzene rings is 1. The number of nitrogens with zero attached hydrogens (tertiary/aromatic N) is 2. The van der Waals surface area contributed by atoms with Gasteiger partial charge in [-0.05, 0) is 43.5 Å². The molecule has 1 aromatic carbocycles. The first-order valence-electron chi connectivity index (χ1n) is 6.75. The van der Waals surface area contributed by atoms with Crippen molar-refractivity contribution in [2.24, 2.45) is 0 Å². The lowest BCUT2D eigenvalue weighted by Crippen LogP contribution is -1.96. The molecule has 3 rings (SSSR count). The van der Waals surface area contributed by atoms with Gasteiger partial charge in [0, 0.05) is 10.6 Å². The summed E-state index contributed by atoms with van der Waals surface area (Å²) in [4.78, 5) is 11.1. The SMILES string of the molecule is CCc1cccc(Nc2ncnc3sc(C)c(C)c23)c1. The summed E-state index contributed by atoms with van der Waals surface area (Å²) in [5.41, 5.74) is 3.66. The van der Waals surface area contributed by atoms with Crippen LogP contribution in [0.3, 0.4) is 0 Å². The van der Waals surface area contributed by atoms with Crippen molar-refractivity contribution in [2.75, 3.05) is 5.32 Å². The van der Waals surface area contributed by atoms with Gasteiger partial charge in [0.15, 0.2) is 0 Å². The molecule has 102 valence electrons. The zero-order valence-corrected chi connectivity index (χ0v) is 12.7. The number of anilines is 2. The average molecular weight is 283 g/mol. The maximum absolute atomic E-state index is 4.42. The van der Waals surface area contributed by atoms with Gasteiger partial charge in [-0.15, -0.1) is 11.3 Å². The Balaban J connectivity index is 2.06. The molecule has 3 aromatic rings. The molecule has 2 heterocycles. The third-order valence-corrected chi connectivity index (χ3v) is 4.68. The van der Waals surface area contributed by atoms with Crippen molar-refractivity contribution in [1.29, 1.82) is 0 Å². The van der Waals surface area contributed by atoms with E-state index in [-0.39, 0.29) is 0 Å². The molecule has 0 saturated carbocycles. The average Bonchev–Trinajstić information content (AvgIpc) is 2.75. The van der Waals surface area contributed by atoms with Crippen LogP contribution in [0.5, 0.6) is 0 Å². The Kier molecular flexibility index (Phi) is 3.40. The number of thiophene rings is 1. The lowest BCUT2D eigenvalue weighted by atomic mass is 10.1. The second kappa shape index (κ2) is 5.21. The Morgan fingerprint density at radius 3 is 2.85 bits per heavy atom. The quantitative estimate of drug-likeness (QED) is 0.762. The van der Waals surface area contributed by atoms with Crippen LogP contribution in [-0.4, -0.2) is 9.97 Å². The summed E-state index contributed by atoms with van der Waals surface area (Å²) in [5, 5.41) is 4.57. The van der Waals surface area contributed by atoms with Crippen molar-refractivity contribution in [3.8, 4) is 0 Å². The van der Waals surface area contributed by atoms with Gasteiger partial charge in [0.1, 0.15) is 17.0 Å². The Morgan fingerprint density at radius 2 is 2.05 bits per heavy atom. The Labute approximate surface area is 122 Å². The third-order valence-electron chi connectivity index (χ3n) is 3.56. The molecule has 0 aliphatic carbocycles. The summed E-state index contributed by atoms with van der Waals surface area (Å²) >= 11 is 1.72. The second-order valence-electron chi connectivity index (χ2n) is 4.86. The summed E-state index contributed by atoms with van der Waals surface area (Å²) in [6.07, 6.45) is 2.66. The highest BCUT2D eigenvalue weighted by Crippen LogP contribution is 2.33. The fraction of sp³-hybridized carbons (Fsp3) is 0.250. The van der Waals surface area contributed by atoms with E-state index in [1.165, 1.54) is 16.0 Å². The standard InChI is InChI=1S/C16H17N3S/c1-4-12-6-5-7-13(8-12)19-15-14-10(2)11(3)20-16(14)18-9-17-15/h5-9H,4H2,1-3H3,(H,17,18,19). The van der Waals surface area contributed by atoms with E-state index in [1.54, 1.807) is 17.7 Å². The van der Waals surface area contributed by atoms with E-state index in [0.29, 0.717) is 0 Å². The van der Waals surface area contributed by atoms with Crippen molar-refractivity contribution in [2.45, 2.75) is 27.2 Å². The molecule has 0 fully saturated rings. The first-order chi connectivity index (χ1) is 9.69. The zero-order chi connectivity index (χ0) is 14.1. The third kappa shape index (κ3) is 2.27. The Morgan fingerprint density at radius 1 is 1.20 bits per heavy atom. The van der Waals surface area contributed by atoms with Crippen molar-refractivity contribution >= 4 is 33.1 Å². The van der Waals surface area contributed by atoms with Crippen molar-refractivity contribution < 1.29 is 0 Å². The number of hydrogen-bond acceptors (Lipinski definition) is 4. The van der Waals surface area contributed by atoms with Gasteiger partial charge in [-0.3, -0.25) is 0 Å². The van der Waals surface area contributed by atoms with Crippen LogP contribution in [0.1, 0.15) is 22.9 Å². The molecule has 0 unspecified atom stereocenters. The minimum absolute atomic E-state index is 0.894. The van der Waals surface area contributed by atoms with Gasteiger partial charge in [-0.1, -0.05) is 19.1 Å². The first kappa shape index (κ1) is 13.1. The fourth-order valence-electron chi connectivity index (χ4n) is 2.28. The number of fused-ring (bicyclic) bond motifs is 1. The van der Waals surface area contributed by atoms with Crippen LogP contribution in [0.2, 0.25) is 0 Å². The second-order valence-corrected chi connectivity index (χ2v) is 6.07. The van der Waals surface area contributed by atoms with E-state index in [0.717, 1.165) is 28.1 Å². The zero-order valence-electron chi connectivity index (χ0n) is 11.9. The molecule has 0 aliphatic rings. The highest BCUT2D eigenvalue weighted by molar-refractivity contribution is 7.18. The van der Waals surface area contributed by atoms with Crippen LogP contribution < -0.4 is 5.32 Å². The predicted molar refractivity (Wildman–Crippen MR) is 86.0 cm³/mol. The van der Waals surface area contributed by atoms with Gasteiger partial charge in [0.25, 0.3) is 0 Å². The molecule has 4 heteroatoms. The maximum Gasteiger partial charge on any atom is 0.142 e. The van der Waals surface area contributed by atoms with E-state index in [1.807, 2.05) is 0 Å². The molecule has 3 nitrogen and oxygen atoms in total. The van der Waals surface area contributed by atoms with Crippen molar-refractivity contribution in [3.05, 3.63) is 46.6 Å². The first-order valence-corrected chi connectivity index (χ1v) is 7.57. The van der Waals surface area contributed by atoms with Crippen LogP contribution >= 0.6 is 11.3 Å². The largest absolute Gasteiger partial charge is 0.340 e. The van der Waals surface area contributed by atoms with Crippen LogP contribution in [0.4, 0.5) is 11.5 Å². The summed E-state index contributed by atoms with van der Waals surface area (Å²) in [7, 11) is 0. The Hall–Kier alpha value is -1.94. The van der Waals surface area contributed by atoms with E-state index in [4.69, 9.17) is 0 Å². The molecule has 0 saturated heterocycles. The number of aryl methyl sites for hydroxylation is 3. The minimum Gasteiger partial charge on any atom is -0.340 e. The van der Waals surface area contributed by atoms with E-state index in [2.05, 4.69) is 60.3 Å². The highest BCUT2D eigenvalue weighted by atomic mass is 32.1. The molecule has 2 aromatic heterocycles. The fourth-order valence-corrected chi connectivity index (χ4v) is 3.28. The van der Waals surface area contributed by atoms with E-state index < -0.39 is 0 Å². The molecular weight excluding hydrogens is 266 g/mol. The molecule has 20 heavy (non-hydrogen) atoms. The summed E-state index contributed by atoms with van der Waals surface area (Å²) in [5.74, 6) is 0.894. The summed E-state index contributed by atoms with van der Waals surface area (Å²) in [6, 6.07) is 8.45. The maximum atomic E-state index is 4.42. The topological polar surface area (TPSA) is 37.8 Å². The monoisotopic (exact) mass is 283 g/mol. The highest BCUT2D eigenvalue weighted by Gasteiger charge is 2.11. The number of aromatic nitrogens is 2. The molecule has 0 atom stereocenters. The van der Waals surface area contributed by atoms with Gasteiger partial charge in [0.05, 0.1) is 5.39 Å². The molecule has 0 radical (unpaired) electrons. The smallest absolute Gasteiger partial charge is 0.142 e. The lowest BCUT2D eigenvalue weighted by Gasteiger charge is -2.08. The predicted octanol–water partition coefficient (Wildman–Crippen LogP) is 4.61. The number of hydrogen-bond donors (Lipinski definition) is 1. The van der Waals surface area contributed by atoms with Gasteiger partial charge in [-0.25, -0.2) is 9.97 Å². The molecule has 0 amide bonds. The van der Waals surface area contributed by atoms with Crippen LogP contribution in [0.25, 0.3) is 10.2 Å². The van der Waals surface area contributed by atoms with Gasteiger partial charge >= 0.3 is 0 Å². The molecular formula is C16H17N3S. The molecule has 0 spiro atoms. The molecule has 0 bridgehead atoms. The summed E-state index contributed by atoms with van der Waals surface area (Å²) in [6.45, 7) is 6.42. The van der Waals surface area contributed by atoms with Crippen LogP contribution in [0, 0.1) is 13.8 Å². The minimum atomic E-state index is 0.894. The normalized spacial score (nSPS) is 10.9. The molecule has 1 N–H and O–H groups in total. The van der Waals surface area contributed by atoms with Gasteiger partial charge < -0.3 is 5.32 Å². The van der Waals surface area contributed by atoms with Crippen molar-refractivity contribution in [3.63, 3.8) is 0 Å². The lowest BCUT2D eigenvalue weighted by molar-refractivity contribution is 1.14. The molecule has 0 aliphatic heterocycles. The van der Waals surface area contributed by atoms with E-state index >= 15 is 0 Å². The van der Waals surface area contributed by atoms with Gasteiger partial charge in [-0.2, -0.15) is 0 Å².